The Balaban J connectivity index is 1.91. The van der Waals surface area contributed by atoms with E-state index in [1.165, 1.54) is 6.08 Å². The van der Waals surface area contributed by atoms with Crippen molar-refractivity contribution < 1.29 is 19.1 Å². The third-order valence-corrected chi connectivity index (χ3v) is 3.84. The zero-order valence-electron chi connectivity index (χ0n) is 16.6. The van der Waals surface area contributed by atoms with E-state index in [-0.39, 0.29) is 5.57 Å². The van der Waals surface area contributed by atoms with Gasteiger partial charge in [0.05, 0.1) is 6.61 Å². The summed E-state index contributed by atoms with van der Waals surface area (Å²) in [7, 11) is 3.83. The van der Waals surface area contributed by atoms with Crippen LogP contribution < -0.4 is 15.0 Å². The Hall–Kier alpha value is -3.79. The minimum absolute atomic E-state index is 0.197. The molecule has 29 heavy (non-hydrogen) atoms. The average Bonchev–Trinajstić information content (AvgIpc) is 2.72. The van der Waals surface area contributed by atoms with Crippen LogP contribution in [0.2, 0.25) is 0 Å². The summed E-state index contributed by atoms with van der Waals surface area (Å²) in [5.74, 6) is -0.658. The molecule has 7 heteroatoms. The van der Waals surface area contributed by atoms with Gasteiger partial charge in [0, 0.05) is 25.5 Å². The molecule has 7 nitrogen and oxygen atoms in total. The molecule has 1 amide bonds. The molecule has 0 unspecified atom stereocenters. The quantitative estimate of drug-likeness (QED) is 0.421. The number of hydrogen-bond acceptors (Lipinski definition) is 6. The Morgan fingerprint density at radius 1 is 1.10 bits per heavy atom. The van der Waals surface area contributed by atoms with Gasteiger partial charge in [-0.05, 0) is 55.0 Å². The van der Waals surface area contributed by atoms with Crippen molar-refractivity contribution in [3.05, 3.63) is 59.7 Å². The fourth-order valence-corrected chi connectivity index (χ4v) is 2.38. The molecule has 2 aromatic rings. The molecule has 0 atom stereocenters. The van der Waals surface area contributed by atoms with Gasteiger partial charge in [-0.1, -0.05) is 12.1 Å². The Kier molecular flexibility index (Phi) is 7.80. The summed E-state index contributed by atoms with van der Waals surface area (Å²) in [6.45, 7) is 1.94. The normalized spacial score (nSPS) is 10.6. The molecule has 0 aliphatic rings. The van der Waals surface area contributed by atoms with Crippen molar-refractivity contribution in [3.63, 3.8) is 0 Å². The van der Waals surface area contributed by atoms with Crippen LogP contribution in [0.3, 0.4) is 0 Å². The Morgan fingerprint density at radius 3 is 2.31 bits per heavy atom. The van der Waals surface area contributed by atoms with Crippen LogP contribution in [-0.2, 0) is 14.3 Å². The van der Waals surface area contributed by atoms with Gasteiger partial charge in [-0.2, -0.15) is 5.26 Å². The molecule has 0 saturated carbocycles. The summed E-state index contributed by atoms with van der Waals surface area (Å²) in [4.78, 5) is 26.0. The number of ether oxygens (including phenoxy) is 2. The number of hydrogen-bond donors (Lipinski definition) is 1. The molecular weight excluding hydrogens is 370 g/mol. The fourth-order valence-electron chi connectivity index (χ4n) is 2.38. The number of amides is 1. The Bertz CT molecular complexity index is 911. The second-order valence-electron chi connectivity index (χ2n) is 6.24. The average molecular weight is 393 g/mol. The van der Waals surface area contributed by atoms with E-state index in [9.17, 15) is 14.9 Å². The Morgan fingerprint density at radius 2 is 1.76 bits per heavy atom. The van der Waals surface area contributed by atoms with Gasteiger partial charge in [0.1, 0.15) is 17.4 Å². The van der Waals surface area contributed by atoms with Crippen molar-refractivity contribution in [2.75, 3.05) is 37.5 Å². The van der Waals surface area contributed by atoms with Gasteiger partial charge in [0.15, 0.2) is 6.61 Å². The number of carbonyl (C=O) groups is 2. The lowest BCUT2D eigenvalue weighted by Gasteiger charge is -2.13. The summed E-state index contributed by atoms with van der Waals surface area (Å²) in [6.07, 6.45) is 1.40. The van der Waals surface area contributed by atoms with Crippen molar-refractivity contribution in [1.29, 1.82) is 5.26 Å². The molecular formula is C22H23N3O4. The molecule has 0 heterocycles. The lowest BCUT2D eigenvalue weighted by atomic mass is 10.1. The van der Waals surface area contributed by atoms with Gasteiger partial charge < -0.3 is 19.7 Å². The highest BCUT2D eigenvalue weighted by molar-refractivity contribution is 6.00. The van der Waals surface area contributed by atoms with E-state index in [0.29, 0.717) is 23.6 Å². The number of anilines is 2. The van der Waals surface area contributed by atoms with Gasteiger partial charge in [0.25, 0.3) is 5.91 Å². The van der Waals surface area contributed by atoms with E-state index >= 15 is 0 Å². The molecule has 0 fully saturated rings. The first-order valence-corrected chi connectivity index (χ1v) is 9.02. The van der Waals surface area contributed by atoms with E-state index in [1.807, 2.05) is 38.1 Å². The molecule has 0 bridgehead atoms. The maximum absolute atomic E-state index is 12.1. The van der Waals surface area contributed by atoms with Crippen LogP contribution in [0, 0.1) is 11.3 Å². The highest BCUT2D eigenvalue weighted by Crippen LogP contribution is 2.16. The minimum Gasteiger partial charge on any atom is -0.494 e. The SMILES string of the molecule is CCOc1ccc(/C=C(\C#N)C(=O)OCC(=O)Nc2ccc(N(C)C)cc2)cc1. The standard InChI is InChI=1S/C22H23N3O4/c1-4-28-20-11-5-16(6-12-20)13-17(14-23)22(27)29-15-21(26)24-18-7-9-19(10-8-18)25(2)3/h5-13H,4,15H2,1-3H3,(H,24,26)/b17-13+. The number of nitriles is 1. The molecule has 0 radical (unpaired) electrons. The summed E-state index contributed by atoms with van der Waals surface area (Å²) in [5.41, 5.74) is 2.03. The monoisotopic (exact) mass is 393 g/mol. The highest BCUT2D eigenvalue weighted by Gasteiger charge is 2.13. The second kappa shape index (κ2) is 10.5. The van der Waals surface area contributed by atoms with Crippen molar-refractivity contribution in [2.45, 2.75) is 6.92 Å². The van der Waals surface area contributed by atoms with Crippen molar-refractivity contribution >= 4 is 29.3 Å². The smallest absolute Gasteiger partial charge is 0.349 e. The van der Waals surface area contributed by atoms with Crippen molar-refractivity contribution in [2.24, 2.45) is 0 Å². The van der Waals surface area contributed by atoms with Gasteiger partial charge in [-0.3, -0.25) is 4.79 Å². The summed E-state index contributed by atoms with van der Waals surface area (Å²) in [5, 5.41) is 11.9. The predicted molar refractivity (Wildman–Crippen MR) is 112 cm³/mol. The molecule has 0 saturated heterocycles. The first-order chi connectivity index (χ1) is 13.9. The highest BCUT2D eigenvalue weighted by atomic mass is 16.5. The van der Waals surface area contributed by atoms with Crippen molar-refractivity contribution in [1.82, 2.24) is 0 Å². The molecule has 2 aromatic carbocycles. The van der Waals surface area contributed by atoms with E-state index < -0.39 is 18.5 Å². The van der Waals surface area contributed by atoms with Gasteiger partial charge in [-0.25, -0.2) is 4.79 Å². The van der Waals surface area contributed by atoms with Crippen LogP contribution >= 0.6 is 0 Å². The lowest BCUT2D eigenvalue weighted by molar-refractivity contribution is -0.142. The molecule has 0 spiro atoms. The van der Waals surface area contributed by atoms with E-state index in [2.05, 4.69) is 5.32 Å². The maximum atomic E-state index is 12.1. The van der Waals surface area contributed by atoms with Gasteiger partial charge >= 0.3 is 5.97 Å². The molecule has 150 valence electrons. The topological polar surface area (TPSA) is 91.7 Å². The number of carbonyl (C=O) groups excluding carboxylic acids is 2. The number of nitrogens with one attached hydrogen (secondary N) is 1. The summed E-state index contributed by atoms with van der Waals surface area (Å²) >= 11 is 0. The minimum atomic E-state index is -0.862. The summed E-state index contributed by atoms with van der Waals surface area (Å²) in [6, 6.07) is 15.9. The Labute approximate surface area is 170 Å². The third kappa shape index (κ3) is 6.70. The molecule has 0 aliphatic heterocycles. The number of nitrogens with zero attached hydrogens (tertiary/aromatic N) is 2. The molecule has 1 N–H and O–H groups in total. The van der Waals surface area contributed by atoms with Crippen LogP contribution in [0.4, 0.5) is 11.4 Å². The maximum Gasteiger partial charge on any atom is 0.349 e. The first-order valence-electron chi connectivity index (χ1n) is 9.02. The van der Waals surface area contributed by atoms with Crippen LogP contribution in [0.25, 0.3) is 6.08 Å². The fraction of sp³-hybridized carbons (Fsp3) is 0.227. The largest absolute Gasteiger partial charge is 0.494 e. The van der Waals surface area contributed by atoms with Crippen LogP contribution in [-0.4, -0.2) is 39.2 Å². The second-order valence-corrected chi connectivity index (χ2v) is 6.24. The summed E-state index contributed by atoms with van der Waals surface area (Å²) < 4.78 is 10.3. The number of benzene rings is 2. The number of rotatable bonds is 8. The lowest BCUT2D eigenvalue weighted by Crippen LogP contribution is -2.21. The molecule has 0 aliphatic carbocycles. The van der Waals surface area contributed by atoms with Crippen LogP contribution in [0.5, 0.6) is 5.75 Å². The van der Waals surface area contributed by atoms with E-state index in [1.54, 1.807) is 42.5 Å². The van der Waals surface area contributed by atoms with E-state index in [0.717, 1.165) is 5.69 Å². The van der Waals surface area contributed by atoms with E-state index in [4.69, 9.17) is 9.47 Å². The number of esters is 1. The zero-order chi connectivity index (χ0) is 21.2. The van der Waals surface area contributed by atoms with Crippen LogP contribution in [0.15, 0.2) is 54.1 Å². The zero-order valence-corrected chi connectivity index (χ0v) is 16.6. The predicted octanol–water partition coefficient (Wildman–Crippen LogP) is 3.24. The molecule has 2 rings (SSSR count). The van der Waals surface area contributed by atoms with Gasteiger partial charge in [-0.15, -0.1) is 0 Å². The van der Waals surface area contributed by atoms with Crippen molar-refractivity contribution in [3.8, 4) is 11.8 Å². The van der Waals surface area contributed by atoms with Gasteiger partial charge in [0.2, 0.25) is 0 Å². The third-order valence-electron chi connectivity index (χ3n) is 3.84. The van der Waals surface area contributed by atoms with Crippen LogP contribution in [0.1, 0.15) is 12.5 Å². The first kappa shape index (κ1) is 21.5. The molecule has 0 aromatic heterocycles.